The summed E-state index contributed by atoms with van der Waals surface area (Å²) in [6, 6.07) is 9.47. The van der Waals surface area contributed by atoms with Crippen molar-refractivity contribution in [3.8, 4) is 0 Å². The number of fused-ring (bicyclic) bond motifs is 1. The summed E-state index contributed by atoms with van der Waals surface area (Å²) in [7, 11) is -3.89. The lowest BCUT2D eigenvalue weighted by Crippen LogP contribution is -2.40. The van der Waals surface area contributed by atoms with Crippen molar-refractivity contribution in [2.75, 3.05) is 18.6 Å². The standard InChI is InChI=1S/C21H21ClN4O5S3/c1-32-12-11-24-17-9-6-15(26(28)29)13-19(17)33-21(24)23-20(27)18-3-2-10-25(18)34(30,31)16-7-4-14(22)5-8-16/h4-9,13,18H,2-3,10-12H2,1H3. The Hall–Kier alpha value is -2.25. The number of aromatic nitrogens is 1. The lowest BCUT2D eigenvalue weighted by Gasteiger charge is -2.21. The van der Waals surface area contributed by atoms with E-state index < -0.39 is 26.9 Å². The highest BCUT2D eigenvalue weighted by atomic mass is 35.5. The van der Waals surface area contributed by atoms with Gasteiger partial charge in [0.1, 0.15) is 6.04 Å². The first-order chi connectivity index (χ1) is 16.2. The molecule has 1 unspecified atom stereocenters. The Bertz CT molecular complexity index is 1420. The minimum atomic E-state index is -3.89. The van der Waals surface area contributed by atoms with Crippen LogP contribution in [0.3, 0.4) is 0 Å². The van der Waals surface area contributed by atoms with E-state index in [0.29, 0.717) is 33.9 Å². The fourth-order valence-electron chi connectivity index (χ4n) is 3.84. The molecule has 0 N–H and O–H groups in total. The molecule has 1 aliphatic heterocycles. The van der Waals surface area contributed by atoms with E-state index in [0.717, 1.165) is 11.3 Å². The van der Waals surface area contributed by atoms with Crippen molar-refractivity contribution >= 4 is 66.5 Å². The van der Waals surface area contributed by atoms with Gasteiger partial charge in [0.25, 0.3) is 11.6 Å². The van der Waals surface area contributed by atoms with Gasteiger partial charge in [-0.3, -0.25) is 14.9 Å². The fraction of sp³-hybridized carbons (Fsp3) is 0.333. The first-order valence-electron chi connectivity index (χ1n) is 10.3. The molecule has 1 aromatic heterocycles. The first kappa shape index (κ1) is 24.9. The lowest BCUT2D eigenvalue weighted by atomic mass is 10.2. The second kappa shape index (κ2) is 10.2. The van der Waals surface area contributed by atoms with Gasteiger partial charge < -0.3 is 4.57 Å². The molecule has 0 radical (unpaired) electrons. The molecule has 1 aliphatic rings. The molecule has 180 valence electrons. The van der Waals surface area contributed by atoms with E-state index in [9.17, 15) is 23.3 Å². The van der Waals surface area contributed by atoms with Crippen LogP contribution in [0.15, 0.2) is 52.4 Å². The molecule has 0 aliphatic carbocycles. The van der Waals surface area contributed by atoms with Crippen LogP contribution in [0, 0.1) is 10.1 Å². The van der Waals surface area contributed by atoms with Crippen molar-refractivity contribution < 1.29 is 18.1 Å². The van der Waals surface area contributed by atoms with E-state index in [1.54, 1.807) is 17.8 Å². The van der Waals surface area contributed by atoms with E-state index in [2.05, 4.69) is 4.99 Å². The number of sulfonamides is 1. The molecule has 13 heteroatoms. The molecule has 1 saturated heterocycles. The number of amides is 1. The van der Waals surface area contributed by atoms with Gasteiger partial charge in [0, 0.05) is 36.0 Å². The molecular weight excluding hydrogens is 520 g/mol. The van der Waals surface area contributed by atoms with E-state index >= 15 is 0 Å². The number of thioether (sulfide) groups is 1. The van der Waals surface area contributed by atoms with E-state index in [1.807, 2.05) is 10.8 Å². The molecule has 2 aromatic carbocycles. The Morgan fingerprint density at radius 2 is 2.03 bits per heavy atom. The summed E-state index contributed by atoms with van der Waals surface area (Å²) >= 11 is 8.69. The number of nitro groups is 1. The molecule has 4 rings (SSSR count). The number of thiazole rings is 1. The first-order valence-corrected chi connectivity index (χ1v) is 14.4. The number of aryl methyl sites for hydroxylation is 1. The van der Waals surface area contributed by atoms with Crippen LogP contribution in [-0.4, -0.2) is 52.7 Å². The van der Waals surface area contributed by atoms with E-state index in [-0.39, 0.29) is 17.1 Å². The third-order valence-corrected chi connectivity index (χ3v) is 9.32. The Kier molecular flexibility index (Phi) is 7.43. The molecule has 0 spiro atoms. The summed E-state index contributed by atoms with van der Waals surface area (Å²) in [4.78, 5) is 28.7. The zero-order chi connectivity index (χ0) is 24.5. The largest absolute Gasteiger partial charge is 0.316 e. The molecule has 0 saturated carbocycles. The number of nitro benzene ring substituents is 1. The van der Waals surface area contributed by atoms with Crippen molar-refractivity contribution in [2.45, 2.75) is 30.3 Å². The highest BCUT2D eigenvalue weighted by Crippen LogP contribution is 2.28. The number of hydrogen-bond acceptors (Lipinski definition) is 7. The van der Waals surface area contributed by atoms with Gasteiger partial charge in [-0.15, -0.1) is 0 Å². The van der Waals surface area contributed by atoms with Gasteiger partial charge in [-0.1, -0.05) is 22.9 Å². The third-order valence-electron chi connectivity index (χ3n) is 5.51. The second-order valence-electron chi connectivity index (χ2n) is 7.62. The zero-order valence-electron chi connectivity index (χ0n) is 18.1. The summed E-state index contributed by atoms with van der Waals surface area (Å²) in [6.45, 7) is 0.782. The predicted octanol–water partition coefficient (Wildman–Crippen LogP) is 3.91. The Morgan fingerprint density at radius 3 is 2.71 bits per heavy atom. The molecule has 34 heavy (non-hydrogen) atoms. The second-order valence-corrected chi connectivity index (χ2v) is 11.9. The maximum absolute atomic E-state index is 13.2. The van der Waals surface area contributed by atoms with Crippen LogP contribution in [-0.2, 0) is 21.4 Å². The number of benzene rings is 2. The summed E-state index contributed by atoms with van der Waals surface area (Å²) in [5.74, 6) is 0.207. The van der Waals surface area contributed by atoms with Crippen molar-refractivity contribution in [1.29, 1.82) is 0 Å². The smallest absolute Gasteiger partial charge is 0.270 e. The molecular formula is C21H21ClN4O5S3. The van der Waals surface area contributed by atoms with Crippen LogP contribution in [0.5, 0.6) is 0 Å². The number of halogens is 1. The zero-order valence-corrected chi connectivity index (χ0v) is 21.3. The lowest BCUT2D eigenvalue weighted by molar-refractivity contribution is -0.384. The average Bonchev–Trinajstić information content (AvgIpc) is 3.43. The predicted molar refractivity (Wildman–Crippen MR) is 134 cm³/mol. The Labute approximate surface area is 209 Å². The van der Waals surface area contributed by atoms with Gasteiger partial charge in [-0.2, -0.15) is 21.1 Å². The molecule has 2 heterocycles. The number of nitrogens with zero attached hydrogens (tertiary/aromatic N) is 4. The van der Waals surface area contributed by atoms with Crippen LogP contribution in [0.25, 0.3) is 10.2 Å². The number of hydrogen-bond donors (Lipinski definition) is 0. The fourth-order valence-corrected chi connectivity index (χ4v) is 7.08. The van der Waals surface area contributed by atoms with Gasteiger partial charge in [0.05, 0.1) is 20.0 Å². The maximum atomic E-state index is 13.2. The van der Waals surface area contributed by atoms with Gasteiger partial charge in [-0.25, -0.2) is 8.42 Å². The van der Waals surface area contributed by atoms with Crippen molar-refractivity contribution in [3.63, 3.8) is 0 Å². The van der Waals surface area contributed by atoms with Gasteiger partial charge in [0.15, 0.2) is 4.80 Å². The van der Waals surface area contributed by atoms with E-state index in [4.69, 9.17) is 11.6 Å². The minimum absolute atomic E-state index is 0.0420. The highest BCUT2D eigenvalue weighted by molar-refractivity contribution is 7.98. The third kappa shape index (κ3) is 4.91. The Morgan fingerprint density at radius 1 is 1.29 bits per heavy atom. The normalized spacial score (nSPS) is 17.5. The van der Waals surface area contributed by atoms with Crippen LogP contribution in [0.2, 0.25) is 5.02 Å². The molecule has 1 fully saturated rings. The van der Waals surface area contributed by atoms with Gasteiger partial charge in [-0.05, 0) is 49.4 Å². The van der Waals surface area contributed by atoms with Crippen LogP contribution >= 0.6 is 34.7 Å². The van der Waals surface area contributed by atoms with Crippen molar-refractivity contribution in [1.82, 2.24) is 8.87 Å². The van der Waals surface area contributed by atoms with Crippen molar-refractivity contribution in [3.05, 3.63) is 62.4 Å². The van der Waals surface area contributed by atoms with Gasteiger partial charge >= 0.3 is 0 Å². The summed E-state index contributed by atoms with van der Waals surface area (Å²) in [6.07, 6.45) is 2.88. The number of non-ortho nitro benzene ring substituents is 1. The van der Waals surface area contributed by atoms with Crippen LogP contribution in [0.4, 0.5) is 5.69 Å². The SMILES string of the molecule is CSCCn1c(=NC(=O)C2CCCN2S(=O)(=O)c2ccc(Cl)cc2)sc2cc([N+](=O)[O-])ccc21. The quantitative estimate of drug-likeness (QED) is 0.331. The summed E-state index contributed by atoms with van der Waals surface area (Å²) in [5, 5.41) is 11.6. The summed E-state index contributed by atoms with van der Waals surface area (Å²) < 4.78 is 30.1. The molecule has 0 bridgehead atoms. The van der Waals surface area contributed by atoms with E-state index in [1.165, 1.54) is 52.0 Å². The number of rotatable bonds is 7. The monoisotopic (exact) mass is 540 g/mol. The topological polar surface area (TPSA) is 115 Å². The highest BCUT2D eigenvalue weighted by Gasteiger charge is 2.39. The molecule has 1 atom stereocenters. The molecule has 1 amide bonds. The number of carbonyl (C=O) groups excluding carboxylic acids is 1. The van der Waals surface area contributed by atoms with Crippen LogP contribution in [0.1, 0.15) is 12.8 Å². The minimum Gasteiger partial charge on any atom is -0.316 e. The Balaban J connectivity index is 1.72. The average molecular weight is 541 g/mol. The number of carbonyl (C=O) groups is 1. The van der Waals surface area contributed by atoms with Crippen LogP contribution < -0.4 is 4.80 Å². The maximum Gasteiger partial charge on any atom is 0.270 e. The van der Waals surface area contributed by atoms with Gasteiger partial charge in [0.2, 0.25) is 10.0 Å². The summed E-state index contributed by atoms with van der Waals surface area (Å²) in [5.41, 5.74) is 0.702. The molecule has 9 nitrogen and oxygen atoms in total. The molecule has 3 aromatic rings. The van der Waals surface area contributed by atoms with Crippen molar-refractivity contribution in [2.24, 2.45) is 4.99 Å².